The summed E-state index contributed by atoms with van der Waals surface area (Å²) in [5.74, 6) is -0.785. The Labute approximate surface area is 167 Å². The maximum atomic E-state index is 11.9. The lowest BCUT2D eigenvalue weighted by atomic mass is 9.86. The number of rotatable bonds is 13. The molecule has 1 saturated carbocycles. The van der Waals surface area contributed by atoms with Crippen LogP contribution in [0, 0.1) is 5.92 Å². The number of aliphatic hydroxyl groups is 1. The molecule has 0 amide bonds. The van der Waals surface area contributed by atoms with Crippen molar-refractivity contribution in [1.82, 2.24) is 0 Å². The van der Waals surface area contributed by atoms with Crippen LogP contribution in [0.25, 0.3) is 0 Å². The highest BCUT2D eigenvalue weighted by atomic mass is 16.5. The van der Waals surface area contributed by atoms with Crippen molar-refractivity contribution < 1.29 is 33.7 Å². The quantitative estimate of drug-likeness (QED) is 0.220. The summed E-state index contributed by atoms with van der Waals surface area (Å²) in [7, 11) is 0. The van der Waals surface area contributed by atoms with Gasteiger partial charge in [-0.2, -0.15) is 0 Å². The molecule has 1 aliphatic rings. The lowest BCUT2D eigenvalue weighted by Gasteiger charge is -2.25. The third-order valence-electron chi connectivity index (χ3n) is 4.97. The number of hydrogen-bond donors (Lipinski definition) is 1. The van der Waals surface area contributed by atoms with Crippen LogP contribution in [0.2, 0.25) is 0 Å². The molecule has 0 heterocycles. The molecule has 1 fully saturated rings. The monoisotopic (exact) mass is 398 g/mol. The Balaban J connectivity index is 2.10. The Morgan fingerprint density at radius 2 is 1.75 bits per heavy atom. The van der Waals surface area contributed by atoms with E-state index >= 15 is 0 Å². The molecular weight excluding hydrogens is 364 g/mol. The zero-order valence-electron chi connectivity index (χ0n) is 16.9. The van der Waals surface area contributed by atoms with Gasteiger partial charge in [-0.3, -0.25) is 9.59 Å². The van der Waals surface area contributed by atoms with Crippen LogP contribution in [0.15, 0.2) is 12.7 Å². The molecule has 1 N–H and O–H groups in total. The van der Waals surface area contributed by atoms with E-state index in [2.05, 4.69) is 6.58 Å². The van der Waals surface area contributed by atoms with E-state index in [0.717, 1.165) is 38.2 Å². The fourth-order valence-electron chi connectivity index (χ4n) is 3.18. The molecule has 0 aromatic heterocycles. The number of ether oxygens (including phenoxy) is 3. The van der Waals surface area contributed by atoms with Crippen LogP contribution in [-0.2, 0) is 28.6 Å². The van der Waals surface area contributed by atoms with Crippen molar-refractivity contribution in [3.05, 3.63) is 12.7 Å². The molecule has 0 radical (unpaired) electrons. The van der Waals surface area contributed by atoms with E-state index in [1.54, 1.807) is 0 Å². The van der Waals surface area contributed by atoms with Crippen LogP contribution < -0.4 is 0 Å². The van der Waals surface area contributed by atoms with Crippen molar-refractivity contribution in [2.24, 2.45) is 5.92 Å². The third-order valence-corrected chi connectivity index (χ3v) is 4.97. The molecule has 7 heteroatoms. The standard InChI is InChI=1S/C21H34O7/c1-3-18(6-5-14-26-19(23)4-2)28-21(25)12-11-20(24)27-15-13-16-7-9-17(22)10-8-16/h4,16-18,22H,2-3,5-15H2,1H3. The zero-order chi connectivity index (χ0) is 20.8. The number of hydrogen-bond acceptors (Lipinski definition) is 7. The summed E-state index contributed by atoms with van der Waals surface area (Å²) < 4.78 is 15.4. The van der Waals surface area contributed by atoms with Crippen molar-refractivity contribution in [3.8, 4) is 0 Å². The maximum Gasteiger partial charge on any atom is 0.330 e. The van der Waals surface area contributed by atoms with Gasteiger partial charge in [0.1, 0.15) is 6.10 Å². The van der Waals surface area contributed by atoms with Crippen molar-refractivity contribution in [3.63, 3.8) is 0 Å². The second-order valence-corrected chi connectivity index (χ2v) is 7.22. The number of carbonyl (C=O) groups excluding carboxylic acids is 3. The van der Waals surface area contributed by atoms with Gasteiger partial charge in [0.05, 0.1) is 32.2 Å². The lowest BCUT2D eigenvalue weighted by Crippen LogP contribution is -2.21. The normalized spacial score (nSPS) is 20.1. The van der Waals surface area contributed by atoms with Crippen LogP contribution in [0.4, 0.5) is 0 Å². The average Bonchev–Trinajstić information content (AvgIpc) is 2.69. The first-order valence-corrected chi connectivity index (χ1v) is 10.3. The topological polar surface area (TPSA) is 99.1 Å². The Hall–Kier alpha value is -1.89. The molecule has 0 aromatic carbocycles. The van der Waals surface area contributed by atoms with Gasteiger partial charge in [0.15, 0.2) is 0 Å². The van der Waals surface area contributed by atoms with E-state index in [9.17, 15) is 19.5 Å². The summed E-state index contributed by atoms with van der Waals surface area (Å²) in [6, 6.07) is 0. The molecule has 1 aliphatic carbocycles. The van der Waals surface area contributed by atoms with Gasteiger partial charge >= 0.3 is 17.9 Å². The minimum atomic E-state index is -0.468. The van der Waals surface area contributed by atoms with Gasteiger partial charge in [0.2, 0.25) is 0 Å². The predicted octanol–water partition coefficient (Wildman–Crippen LogP) is 3.08. The summed E-state index contributed by atoms with van der Waals surface area (Å²) in [5, 5.41) is 9.48. The van der Waals surface area contributed by atoms with Crippen molar-refractivity contribution in [1.29, 1.82) is 0 Å². The fourth-order valence-corrected chi connectivity index (χ4v) is 3.18. The Bertz CT molecular complexity index is 495. The molecular formula is C21H34O7. The van der Waals surface area contributed by atoms with Gasteiger partial charge in [-0.15, -0.1) is 0 Å². The van der Waals surface area contributed by atoms with Gasteiger partial charge in [-0.1, -0.05) is 13.5 Å². The van der Waals surface area contributed by atoms with Gasteiger partial charge in [-0.25, -0.2) is 4.79 Å². The maximum absolute atomic E-state index is 11.9. The van der Waals surface area contributed by atoms with Gasteiger partial charge in [-0.05, 0) is 57.3 Å². The Kier molecular flexibility index (Phi) is 12.2. The second-order valence-electron chi connectivity index (χ2n) is 7.22. The summed E-state index contributed by atoms with van der Waals surface area (Å²) in [6.07, 6.45) is 6.89. The fraction of sp³-hybridized carbons (Fsp3) is 0.762. The predicted molar refractivity (Wildman–Crippen MR) is 103 cm³/mol. The summed E-state index contributed by atoms with van der Waals surface area (Å²) in [4.78, 5) is 34.6. The first kappa shape index (κ1) is 24.1. The third kappa shape index (κ3) is 11.1. The summed E-state index contributed by atoms with van der Waals surface area (Å²) >= 11 is 0. The van der Waals surface area contributed by atoms with Crippen LogP contribution in [0.1, 0.15) is 71.1 Å². The molecule has 0 bridgehead atoms. The van der Waals surface area contributed by atoms with Gasteiger partial charge in [0.25, 0.3) is 0 Å². The van der Waals surface area contributed by atoms with Crippen LogP contribution >= 0.6 is 0 Å². The van der Waals surface area contributed by atoms with E-state index in [1.165, 1.54) is 0 Å². The van der Waals surface area contributed by atoms with Crippen LogP contribution in [0.3, 0.4) is 0 Å². The Morgan fingerprint density at radius 1 is 1.07 bits per heavy atom. The zero-order valence-corrected chi connectivity index (χ0v) is 16.9. The molecule has 0 aliphatic heterocycles. The first-order chi connectivity index (χ1) is 13.4. The molecule has 7 nitrogen and oxygen atoms in total. The van der Waals surface area contributed by atoms with E-state index in [-0.39, 0.29) is 31.7 Å². The van der Waals surface area contributed by atoms with Crippen molar-refractivity contribution >= 4 is 17.9 Å². The first-order valence-electron chi connectivity index (χ1n) is 10.3. The number of esters is 3. The van der Waals surface area contributed by atoms with E-state index < -0.39 is 17.9 Å². The molecule has 160 valence electrons. The smallest absolute Gasteiger partial charge is 0.330 e. The summed E-state index contributed by atoms with van der Waals surface area (Å²) in [6.45, 7) is 5.84. The van der Waals surface area contributed by atoms with Crippen molar-refractivity contribution in [2.75, 3.05) is 13.2 Å². The molecule has 1 rings (SSSR count). The molecule has 0 spiro atoms. The molecule has 1 atom stereocenters. The van der Waals surface area contributed by atoms with E-state index in [0.29, 0.717) is 31.8 Å². The number of aliphatic hydroxyl groups excluding tert-OH is 1. The minimum absolute atomic E-state index is 0.00357. The van der Waals surface area contributed by atoms with Crippen LogP contribution in [-0.4, -0.2) is 48.4 Å². The largest absolute Gasteiger partial charge is 0.466 e. The minimum Gasteiger partial charge on any atom is -0.466 e. The highest BCUT2D eigenvalue weighted by Crippen LogP contribution is 2.26. The number of carbonyl (C=O) groups is 3. The highest BCUT2D eigenvalue weighted by molar-refractivity contribution is 5.81. The second kappa shape index (κ2) is 14.2. The summed E-state index contributed by atoms with van der Waals surface area (Å²) in [5.41, 5.74) is 0. The van der Waals surface area contributed by atoms with E-state index in [1.807, 2.05) is 6.92 Å². The van der Waals surface area contributed by atoms with Gasteiger partial charge < -0.3 is 19.3 Å². The molecule has 0 saturated heterocycles. The molecule has 28 heavy (non-hydrogen) atoms. The lowest BCUT2D eigenvalue weighted by molar-refractivity contribution is -0.154. The van der Waals surface area contributed by atoms with Crippen molar-refractivity contribution in [2.45, 2.75) is 83.3 Å². The van der Waals surface area contributed by atoms with E-state index in [4.69, 9.17) is 14.2 Å². The molecule has 0 aromatic rings. The van der Waals surface area contributed by atoms with Crippen LogP contribution in [0.5, 0.6) is 0 Å². The van der Waals surface area contributed by atoms with Gasteiger partial charge in [0, 0.05) is 6.08 Å². The highest BCUT2D eigenvalue weighted by Gasteiger charge is 2.20. The Morgan fingerprint density at radius 3 is 2.39 bits per heavy atom. The molecule has 1 unspecified atom stereocenters. The SMILES string of the molecule is C=CC(=O)OCCCC(CC)OC(=O)CCC(=O)OCCC1CCC(O)CC1. The average molecular weight is 398 g/mol.